The summed E-state index contributed by atoms with van der Waals surface area (Å²) in [4.78, 5) is 40.0. The largest absolute Gasteiger partial charge is 0.497 e. The molecule has 1 aromatic heterocycles. The van der Waals surface area contributed by atoms with Gasteiger partial charge in [0.1, 0.15) is 22.5 Å². The lowest BCUT2D eigenvalue weighted by Gasteiger charge is -2.31. The second-order valence-electron chi connectivity index (χ2n) is 7.25. The fraction of sp³-hybridized carbons (Fsp3) is 0.217. The molecule has 0 bridgehead atoms. The number of primary amides is 1. The van der Waals surface area contributed by atoms with Gasteiger partial charge in [0.05, 0.1) is 19.4 Å². The van der Waals surface area contributed by atoms with Crippen LogP contribution in [-0.2, 0) is 9.53 Å². The van der Waals surface area contributed by atoms with Crippen LogP contribution in [0.25, 0.3) is 0 Å². The molecule has 0 aliphatic rings. The fourth-order valence-corrected chi connectivity index (χ4v) is 4.06. The van der Waals surface area contributed by atoms with E-state index in [4.69, 9.17) is 20.9 Å². The predicted octanol–water partition coefficient (Wildman–Crippen LogP) is 2.12. The number of carbonyl (C=O) groups excluding carboxylic acids is 3. The van der Waals surface area contributed by atoms with Gasteiger partial charge in [-0.25, -0.2) is 4.39 Å². The molecule has 0 fully saturated rings. The van der Waals surface area contributed by atoms with Crippen molar-refractivity contribution >= 4 is 40.6 Å². The Morgan fingerprint density at radius 3 is 2.49 bits per heavy atom. The normalized spacial score (nSPS) is 11.5. The summed E-state index contributed by atoms with van der Waals surface area (Å²) in [6.07, 6.45) is 0. The van der Waals surface area contributed by atoms with E-state index in [2.05, 4.69) is 9.69 Å². The van der Waals surface area contributed by atoms with Gasteiger partial charge in [-0.2, -0.15) is 4.37 Å². The standard InChI is InChI=1S/C23H24FN5O5S/c1-33-11-10-27-22(31)19(13-6-8-14(24)9-7-13)29(15-4-3-5-16(12-15)34-2)23(32)20-17(25)18(21(26)30)28-35-20/h3-9,12,19H,10-11,25H2,1-2H3,(H2,26,30)(H,27,31)/t19-/m1/s1. The summed E-state index contributed by atoms with van der Waals surface area (Å²) in [6.45, 7) is 0.403. The highest BCUT2D eigenvalue weighted by Crippen LogP contribution is 2.34. The lowest BCUT2D eigenvalue weighted by atomic mass is 10.0. The molecule has 3 aromatic rings. The van der Waals surface area contributed by atoms with E-state index >= 15 is 0 Å². The van der Waals surface area contributed by atoms with Crippen LogP contribution >= 0.6 is 11.5 Å². The van der Waals surface area contributed by atoms with Crippen LogP contribution in [0.4, 0.5) is 15.8 Å². The Kier molecular flexibility index (Phi) is 8.34. The molecule has 35 heavy (non-hydrogen) atoms. The number of hydrogen-bond donors (Lipinski definition) is 3. The van der Waals surface area contributed by atoms with Crippen molar-refractivity contribution in [3.8, 4) is 5.75 Å². The molecular formula is C23H24FN5O5S. The minimum absolute atomic E-state index is 0.0848. The van der Waals surface area contributed by atoms with E-state index in [1.54, 1.807) is 24.3 Å². The first kappa shape index (κ1) is 25.6. The molecule has 1 atom stereocenters. The zero-order valence-corrected chi connectivity index (χ0v) is 19.8. The minimum atomic E-state index is -1.24. The van der Waals surface area contributed by atoms with Crippen LogP contribution in [0.3, 0.4) is 0 Å². The Balaban J connectivity index is 2.19. The molecule has 0 saturated carbocycles. The number of carbonyl (C=O) groups is 3. The smallest absolute Gasteiger partial charge is 0.273 e. The van der Waals surface area contributed by atoms with Crippen LogP contribution in [0.15, 0.2) is 48.5 Å². The van der Waals surface area contributed by atoms with Gasteiger partial charge in [-0.05, 0) is 41.4 Å². The van der Waals surface area contributed by atoms with Crippen LogP contribution in [0.2, 0.25) is 0 Å². The summed E-state index contributed by atoms with van der Waals surface area (Å²) in [5.74, 6) is -2.24. The average molecular weight is 502 g/mol. The third-order valence-corrected chi connectivity index (χ3v) is 5.85. The van der Waals surface area contributed by atoms with Gasteiger partial charge in [0.2, 0.25) is 5.91 Å². The summed E-state index contributed by atoms with van der Waals surface area (Å²) >= 11 is 0.684. The molecule has 0 aliphatic heterocycles. The zero-order chi connectivity index (χ0) is 25.5. The van der Waals surface area contributed by atoms with Gasteiger partial charge in [-0.3, -0.25) is 19.3 Å². The molecule has 10 nitrogen and oxygen atoms in total. The fourth-order valence-electron chi connectivity index (χ4n) is 3.32. The van der Waals surface area contributed by atoms with E-state index in [9.17, 15) is 18.8 Å². The third kappa shape index (κ3) is 5.73. The number of halogens is 1. The van der Waals surface area contributed by atoms with Crippen molar-refractivity contribution in [1.29, 1.82) is 0 Å². The van der Waals surface area contributed by atoms with Crippen molar-refractivity contribution in [2.24, 2.45) is 5.73 Å². The monoisotopic (exact) mass is 501 g/mol. The molecule has 0 radical (unpaired) electrons. The first-order chi connectivity index (χ1) is 16.8. The Labute approximate surface area is 204 Å². The van der Waals surface area contributed by atoms with Crippen LogP contribution in [0, 0.1) is 5.82 Å². The summed E-state index contributed by atoms with van der Waals surface area (Å²) in [7, 11) is 2.94. The third-order valence-electron chi connectivity index (χ3n) is 5.00. The Morgan fingerprint density at radius 1 is 1.17 bits per heavy atom. The van der Waals surface area contributed by atoms with E-state index < -0.39 is 29.6 Å². The predicted molar refractivity (Wildman–Crippen MR) is 129 cm³/mol. The van der Waals surface area contributed by atoms with E-state index in [0.717, 1.165) is 0 Å². The number of amides is 3. The first-order valence-corrected chi connectivity index (χ1v) is 11.1. The maximum atomic E-state index is 13.9. The molecule has 0 unspecified atom stereocenters. The molecule has 0 spiro atoms. The number of nitrogens with one attached hydrogen (secondary N) is 1. The summed E-state index contributed by atoms with van der Waals surface area (Å²) in [6, 6.07) is 10.4. The molecule has 12 heteroatoms. The molecule has 2 aromatic carbocycles. The topological polar surface area (TPSA) is 150 Å². The second kappa shape index (κ2) is 11.4. The Bertz CT molecular complexity index is 1220. The average Bonchev–Trinajstić information content (AvgIpc) is 3.24. The van der Waals surface area contributed by atoms with E-state index in [-0.39, 0.29) is 29.4 Å². The van der Waals surface area contributed by atoms with Crippen molar-refractivity contribution in [1.82, 2.24) is 9.69 Å². The van der Waals surface area contributed by atoms with Crippen molar-refractivity contribution in [3.63, 3.8) is 0 Å². The van der Waals surface area contributed by atoms with Gasteiger partial charge in [0.25, 0.3) is 11.8 Å². The van der Waals surface area contributed by atoms with Gasteiger partial charge in [0.15, 0.2) is 5.69 Å². The highest BCUT2D eigenvalue weighted by Gasteiger charge is 2.36. The number of aromatic nitrogens is 1. The Hall–Kier alpha value is -4.03. The second-order valence-corrected chi connectivity index (χ2v) is 8.03. The molecule has 1 heterocycles. The molecular weight excluding hydrogens is 477 g/mol. The lowest BCUT2D eigenvalue weighted by Crippen LogP contribution is -2.44. The number of hydrogen-bond acceptors (Lipinski definition) is 8. The van der Waals surface area contributed by atoms with E-state index in [1.165, 1.54) is 43.4 Å². The van der Waals surface area contributed by atoms with Gasteiger partial charge in [-0.15, -0.1) is 0 Å². The molecule has 3 amide bonds. The minimum Gasteiger partial charge on any atom is -0.497 e. The summed E-state index contributed by atoms with van der Waals surface area (Å²) < 4.78 is 27.9. The summed E-state index contributed by atoms with van der Waals surface area (Å²) in [5, 5.41) is 2.72. The first-order valence-electron chi connectivity index (χ1n) is 10.3. The van der Waals surface area contributed by atoms with Crippen LogP contribution in [0.5, 0.6) is 5.75 Å². The summed E-state index contributed by atoms with van der Waals surface area (Å²) in [5.41, 5.74) is 11.5. The quantitative estimate of drug-likeness (QED) is 0.360. The van der Waals surface area contributed by atoms with E-state index in [0.29, 0.717) is 28.5 Å². The van der Waals surface area contributed by atoms with Crippen LogP contribution in [0.1, 0.15) is 31.8 Å². The number of rotatable bonds is 10. The van der Waals surface area contributed by atoms with Crippen molar-refractivity contribution in [2.75, 3.05) is 38.0 Å². The number of anilines is 2. The number of benzene rings is 2. The molecule has 3 rings (SSSR count). The van der Waals surface area contributed by atoms with Gasteiger partial charge in [-0.1, -0.05) is 18.2 Å². The molecule has 0 aliphatic carbocycles. The number of methoxy groups -OCH3 is 2. The van der Waals surface area contributed by atoms with Gasteiger partial charge in [0, 0.05) is 25.4 Å². The zero-order valence-electron chi connectivity index (χ0n) is 19.0. The van der Waals surface area contributed by atoms with Gasteiger partial charge >= 0.3 is 0 Å². The van der Waals surface area contributed by atoms with Crippen LogP contribution < -0.4 is 26.4 Å². The SMILES string of the molecule is COCCNC(=O)[C@@H](c1ccc(F)cc1)N(C(=O)c1snc(C(N)=O)c1N)c1cccc(OC)c1. The van der Waals surface area contributed by atoms with E-state index in [1.807, 2.05) is 0 Å². The highest BCUT2D eigenvalue weighted by atomic mass is 32.1. The molecule has 5 N–H and O–H groups in total. The highest BCUT2D eigenvalue weighted by molar-refractivity contribution is 7.09. The van der Waals surface area contributed by atoms with Crippen molar-refractivity contribution < 1.29 is 28.2 Å². The maximum Gasteiger partial charge on any atom is 0.273 e. The van der Waals surface area contributed by atoms with Crippen molar-refractivity contribution in [3.05, 3.63) is 70.5 Å². The number of nitrogens with two attached hydrogens (primary N) is 2. The Morgan fingerprint density at radius 2 is 1.89 bits per heavy atom. The van der Waals surface area contributed by atoms with Crippen molar-refractivity contribution in [2.45, 2.75) is 6.04 Å². The van der Waals surface area contributed by atoms with Crippen LogP contribution in [-0.4, -0.2) is 49.5 Å². The van der Waals surface area contributed by atoms with Gasteiger partial charge < -0.3 is 26.3 Å². The molecule has 0 saturated heterocycles. The number of nitrogen functional groups attached to an aromatic ring is 1. The number of ether oxygens (including phenoxy) is 2. The molecule has 184 valence electrons. The lowest BCUT2D eigenvalue weighted by molar-refractivity contribution is -0.122. The number of nitrogens with zero attached hydrogens (tertiary/aromatic N) is 2. The maximum absolute atomic E-state index is 13.9.